The van der Waals surface area contributed by atoms with Gasteiger partial charge < -0.3 is 10.1 Å². The second-order valence-corrected chi connectivity index (χ2v) is 4.35. The van der Waals surface area contributed by atoms with Crippen molar-refractivity contribution in [1.29, 1.82) is 0 Å². The van der Waals surface area contributed by atoms with E-state index in [4.69, 9.17) is 0 Å². The lowest BCUT2D eigenvalue weighted by Crippen LogP contribution is -2.07. The van der Waals surface area contributed by atoms with Gasteiger partial charge in [0.15, 0.2) is 0 Å². The molecule has 0 radical (unpaired) electrons. The van der Waals surface area contributed by atoms with Gasteiger partial charge in [-0.15, -0.1) is 0 Å². The summed E-state index contributed by atoms with van der Waals surface area (Å²) in [5.74, 6) is 1.59. The van der Waals surface area contributed by atoms with Crippen molar-refractivity contribution in [1.82, 2.24) is 9.97 Å². The summed E-state index contributed by atoms with van der Waals surface area (Å²) in [6.45, 7) is 3.93. The molecule has 0 aliphatic carbocycles. The maximum absolute atomic E-state index is 11.1. The second kappa shape index (κ2) is 6.44. The molecule has 1 aromatic heterocycles. The van der Waals surface area contributed by atoms with Gasteiger partial charge in [0.05, 0.1) is 12.9 Å². The predicted molar refractivity (Wildman–Crippen MR) is 68.4 cm³/mol. The number of esters is 1. The maximum atomic E-state index is 11.1. The molecule has 0 saturated heterocycles. The van der Waals surface area contributed by atoms with E-state index in [2.05, 4.69) is 20.0 Å². The summed E-state index contributed by atoms with van der Waals surface area (Å²) in [6, 6.07) is 0. The Labute approximate surface area is 105 Å². The fraction of sp³-hybridized carbons (Fsp3) is 0.545. The number of thioether (sulfide) groups is 1. The minimum absolute atomic E-state index is 0.253. The van der Waals surface area contributed by atoms with Gasteiger partial charge in [-0.05, 0) is 6.92 Å². The summed E-state index contributed by atoms with van der Waals surface area (Å²) in [4.78, 5) is 19.9. The first-order valence-electron chi connectivity index (χ1n) is 5.37. The Kier molecular flexibility index (Phi) is 5.21. The monoisotopic (exact) mass is 255 g/mol. The topological polar surface area (TPSA) is 64.1 Å². The largest absolute Gasteiger partial charge is 0.468 e. The molecule has 1 aromatic rings. The van der Waals surface area contributed by atoms with Crippen LogP contribution in [0.2, 0.25) is 0 Å². The van der Waals surface area contributed by atoms with Crippen LogP contribution in [0.25, 0.3) is 0 Å². The lowest BCUT2D eigenvalue weighted by Gasteiger charge is -2.10. The molecule has 0 fully saturated rings. The Hall–Kier alpha value is -1.30. The number of carbonyl (C=O) groups is 1. The molecule has 0 saturated carbocycles. The number of rotatable bonds is 5. The van der Waals surface area contributed by atoms with Crippen molar-refractivity contribution < 1.29 is 9.53 Å². The van der Waals surface area contributed by atoms with E-state index in [0.717, 1.165) is 28.7 Å². The maximum Gasteiger partial charge on any atom is 0.316 e. The summed E-state index contributed by atoms with van der Waals surface area (Å²) in [7, 11) is 3.20. The molecule has 6 heteroatoms. The summed E-state index contributed by atoms with van der Waals surface area (Å²) in [6.07, 6.45) is 0.765. The van der Waals surface area contributed by atoms with Gasteiger partial charge in [-0.1, -0.05) is 18.7 Å². The number of nitrogens with one attached hydrogen (secondary N) is 1. The molecule has 0 amide bonds. The molecule has 1 heterocycles. The number of carbonyl (C=O) groups excluding carboxylic acids is 1. The van der Waals surface area contributed by atoms with Gasteiger partial charge in [0.2, 0.25) is 0 Å². The fourth-order valence-corrected chi connectivity index (χ4v) is 2.12. The molecule has 0 atom stereocenters. The Morgan fingerprint density at radius 3 is 2.71 bits per heavy atom. The van der Waals surface area contributed by atoms with Crippen LogP contribution < -0.4 is 5.32 Å². The van der Waals surface area contributed by atoms with Gasteiger partial charge in [-0.3, -0.25) is 4.79 Å². The summed E-state index contributed by atoms with van der Waals surface area (Å²) in [5.41, 5.74) is 0.957. The van der Waals surface area contributed by atoms with E-state index >= 15 is 0 Å². The minimum Gasteiger partial charge on any atom is -0.468 e. The van der Waals surface area contributed by atoms with E-state index in [-0.39, 0.29) is 11.7 Å². The molecular weight excluding hydrogens is 238 g/mol. The first-order chi connectivity index (χ1) is 8.12. The molecule has 1 rings (SSSR count). The van der Waals surface area contributed by atoms with Crippen LogP contribution in [0.5, 0.6) is 0 Å². The highest BCUT2D eigenvalue weighted by atomic mass is 32.2. The van der Waals surface area contributed by atoms with Crippen molar-refractivity contribution in [3.8, 4) is 0 Å². The molecule has 1 N–H and O–H groups in total. The highest BCUT2D eigenvalue weighted by Gasteiger charge is 2.11. The van der Waals surface area contributed by atoms with E-state index in [1.807, 2.05) is 20.9 Å². The molecule has 0 aliphatic rings. The van der Waals surface area contributed by atoms with Gasteiger partial charge >= 0.3 is 5.97 Å². The first kappa shape index (κ1) is 13.8. The highest BCUT2D eigenvalue weighted by molar-refractivity contribution is 7.99. The van der Waals surface area contributed by atoms with Gasteiger partial charge in [-0.2, -0.15) is 0 Å². The van der Waals surface area contributed by atoms with Crippen LogP contribution >= 0.6 is 11.8 Å². The van der Waals surface area contributed by atoms with E-state index in [1.54, 1.807) is 0 Å². The first-order valence-corrected chi connectivity index (χ1v) is 6.35. The standard InChI is InChI=1S/C11H17N3O2S/c1-5-8-13-10(12-3)7(2)11(14-8)17-6-9(15)16-4/h5-6H2,1-4H3,(H,12,13,14). The minimum atomic E-state index is -0.253. The number of anilines is 1. The zero-order valence-corrected chi connectivity index (χ0v) is 11.3. The van der Waals surface area contributed by atoms with Crippen molar-refractivity contribution in [3.63, 3.8) is 0 Å². The molecule has 5 nitrogen and oxygen atoms in total. The Morgan fingerprint density at radius 2 is 2.18 bits per heavy atom. The van der Waals surface area contributed by atoms with E-state index in [1.165, 1.54) is 18.9 Å². The lowest BCUT2D eigenvalue weighted by molar-refractivity contribution is -0.137. The van der Waals surface area contributed by atoms with Crippen molar-refractivity contribution in [2.45, 2.75) is 25.3 Å². The molecular formula is C11H17N3O2S. The van der Waals surface area contributed by atoms with E-state index in [9.17, 15) is 4.79 Å². The van der Waals surface area contributed by atoms with Crippen LogP contribution in [-0.4, -0.2) is 35.8 Å². The smallest absolute Gasteiger partial charge is 0.316 e. The normalized spacial score (nSPS) is 10.1. The van der Waals surface area contributed by atoms with Crippen LogP contribution in [0.1, 0.15) is 18.3 Å². The predicted octanol–water partition coefficient (Wildman–Crippen LogP) is 1.65. The number of ether oxygens (including phenoxy) is 1. The van der Waals surface area contributed by atoms with Crippen molar-refractivity contribution in [2.75, 3.05) is 25.2 Å². The zero-order valence-electron chi connectivity index (χ0n) is 10.5. The quantitative estimate of drug-likeness (QED) is 0.490. The number of aromatic nitrogens is 2. The number of methoxy groups -OCH3 is 1. The fourth-order valence-electron chi connectivity index (χ4n) is 1.27. The molecule has 0 bridgehead atoms. The van der Waals surface area contributed by atoms with Crippen molar-refractivity contribution in [2.24, 2.45) is 0 Å². The molecule has 0 unspecified atom stereocenters. The SMILES string of the molecule is CCc1nc(NC)c(C)c(SCC(=O)OC)n1. The number of nitrogens with zero attached hydrogens (tertiary/aromatic N) is 2. The van der Waals surface area contributed by atoms with Crippen molar-refractivity contribution in [3.05, 3.63) is 11.4 Å². The molecule has 0 spiro atoms. The third kappa shape index (κ3) is 3.59. The summed E-state index contributed by atoms with van der Waals surface area (Å²) in [5, 5.41) is 3.86. The van der Waals surface area contributed by atoms with Crippen molar-refractivity contribution >= 4 is 23.5 Å². The van der Waals surface area contributed by atoms with E-state index in [0.29, 0.717) is 0 Å². The summed E-state index contributed by atoms with van der Waals surface area (Å²) >= 11 is 1.37. The van der Waals surface area contributed by atoms with Crippen LogP contribution in [0, 0.1) is 6.92 Å². The van der Waals surface area contributed by atoms with Crippen LogP contribution in [0.4, 0.5) is 5.82 Å². The Balaban J connectivity index is 2.93. The van der Waals surface area contributed by atoms with Crippen LogP contribution in [-0.2, 0) is 16.0 Å². The van der Waals surface area contributed by atoms with Gasteiger partial charge in [0.1, 0.15) is 16.7 Å². The van der Waals surface area contributed by atoms with Crippen LogP contribution in [0.3, 0.4) is 0 Å². The van der Waals surface area contributed by atoms with E-state index < -0.39 is 0 Å². The van der Waals surface area contributed by atoms with Gasteiger partial charge in [0, 0.05) is 19.0 Å². The number of hydrogen-bond donors (Lipinski definition) is 1. The number of aryl methyl sites for hydroxylation is 1. The average molecular weight is 255 g/mol. The Morgan fingerprint density at radius 1 is 1.47 bits per heavy atom. The molecule has 94 valence electrons. The second-order valence-electron chi connectivity index (χ2n) is 3.39. The highest BCUT2D eigenvalue weighted by Crippen LogP contribution is 2.24. The van der Waals surface area contributed by atoms with Gasteiger partial charge in [0.25, 0.3) is 0 Å². The number of hydrogen-bond acceptors (Lipinski definition) is 6. The zero-order chi connectivity index (χ0) is 12.8. The van der Waals surface area contributed by atoms with Crippen LogP contribution in [0.15, 0.2) is 5.03 Å². The lowest BCUT2D eigenvalue weighted by atomic mass is 10.3. The average Bonchev–Trinajstić information content (AvgIpc) is 2.37. The molecule has 0 aromatic carbocycles. The summed E-state index contributed by atoms with van der Waals surface area (Å²) < 4.78 is 4.61. The van der Waals surface area contributed by atoms with Gasteiger partial charge in [-0.25, -0.2) is 9.97 Å². The molecule has 0 aliphatic heterocycles. The Bertz CT molecular complexity index is 410. The third-order valence-corrected chi connectivity index (χ3v) is 3.31. The molecule has 17 heavy (non-hydrogen) atoms. The third-order valence-electron chi connectivity index (χ3n) is 2.25.